The number of nitrogens with zero attached hydrogens (tertiary/aromatic N) is 4. The molecule has 3 rings (SSSR count). The summed E-state index contributed by atoms with van der Waals surface area (Å²) in [5, 5.41) is 13.7. The van der Waals surface area contributed by atoms with E-state index in [1.807, 2.05) is 13.8 Å². The van der Waals surface area contributed by atoms with Crippen molar-refractivity contribution in [1.82, 2.24) is 19.7 Å². The van der Waals surface area contributed by atoms with Crippen LogP contribution in [-0.2, 0) is 4.79 Å². The molecule has 7 heteroatoms. The van der Waals surface area contributed by atoms with Crippen molar-refractivity contribution in [2.75, 3.05) is 0 Å². The molecule has 1 N–H and O–H groups in total. The van der Waals surface area contributed by atoms with E-state index < -0.39 is 5.97 Å². The Kier molecular flexibility index (Phi) is 4.88. The quantitative estimate of drug-likeness (QED) is 0.708. The van der Waals surface area contributed by atoms with E-state index in [0.717, 1.165) is 6.08 Å². The summed E-state index contributed by atoms with van der Waals surface area (Å²) in [5.41, 5.74) is 2.69. The third-order valence-corrected chi connectivity index (χ3v) is 3.77. The Hall–Kier alpha value is -3.35. The topological polar surface area (TPSA) is 80.9 Å². The molecule has 0 saturated carbocycles. The van der Waals surface area contributed by atoms with Gasteiger partial charge in [-0.05, 0) is 36.3 Å². The maximum atomic E-state index is 13.4. The number of aromatic nitrogens is 4. The van der Waals surface area contributed by atoms with E-state index in [0.29, 0.717) is 28.3 Å². The largest absolute Gasteiger partial charge is 0.478 e. The summed E-state index contributed by atoms with van der Waals surface area (Å²) in [7, 11) is 0. The van der Waals surface area contributed by atoms with Crippen molar-refractivity contribution in [2.45, 2.75) is 19.8 Å². The molecule has 0 aliphatic carbocycles. The highest BCUT2D eigenvalue weighted by molar-refractivity contribution is 5.88. The summed E-state index contributed by atoms with van der Waals surface area (Å²) in [6.07, 6.45) is 7.24. The molecular weight excluding hydrogens is 335 g/mol. The normalized spacial score (nSPS) is 11.4. The van der Waals surface area contributed by atoms with Gasteiger partial charge in [-0.1, -0.05) is 13.8 Å². The standard InChI is InChI=1S/C19H17FN4O2/c1-12(2)18-15(7-8-17(25)26)19(13-3-5-14(20)6-4-13)24(23-18)16-11-21-9-10-22-16/h3-12H,1-2H3,(H,25,26). The Morgan fingerprint density at radius 1 is 1.23 bits per heavy atom. The molecule has 2 aromatic heterocycles. The number of carbonyl (C=O) groups is 1. The van der Waals surface area contributed by atoms with E-state index >= 15 is 0 Å². The fourth-order valence-corrected chi connectivity index (χ4v) is 2.64. The number of hydrogen-bond donors (Lipinski definition) is 1. The van der Waals surface area contributed by atoms with E-state index in [1.54, 1.807) is 35.4 Å². The Morgan fingerprint density at radius 2 is 1.96 bits per heavy atom. The molecule has 2 heterocycles. The van der Waals surface area contributed by atoms with Crippen LogP contribution < -0.4 is 0 Å². The average Bonchev–Trinajstić information content (AvgIpc) is 3.01. The first-order valence-electron chi connectivity index (χ1n) is 8.03. The predicted molar refractivity (Wildman–Crippen MR) is 95.3 cm³/mol. The van der Waals surface area contributed by atoms with Gasteiger partial charge < -0.3 is 5.11 Å². The first-order valence-corrected chi connectivity index (χ1v) is 8.03. The lowest BCUT2D eigenvalue weighted by atomic mass is 9.99. The Balaban J connectivity index is 2.32. The van der Waals surface area contributed by atoms with Crippen molar-refractivity contribution in [2.24, 2.45) is 0 Å². The van der Waals surface area contributed by atoms with E-state index in [-0.39, 0.29) is 11.7 Å². The lowest BCUT2D eigenvalue weighted by molar-refractivity contribution is -0.131. The van der Waals surface area contributed by atoms with Gasteiger partial charge in [0.15, 0.2) is 5.82 Å². The van der Waals surface area contributed by atoms with Gasteiger partial charge in [0.1, 0.15) is 5.82 Å². The van der Waals surface area contributed by atoms with Gasteiger partial charge in [-0.2, -0.15) is 5.10 Å². The second-order valence-corrected chi connectivity index (χ2v) is 5.96. The van der Waals surface area contributed by atoms with Crippen molar-refractivity contribution in [1.29, 1.82) is 0 Å². The zero-order chi connectivity index (χ0) is 18.7. The zero-order valence-corrected chi connectivity index (χ0v) is 14.3. The smallest absolute Gasteiger partial charge is 0.328 e. The van der Waals surface area contributed by atoms with Crippen LogP contribution in [0.15, 0.2) is 48.9 Å². The second kappa shape index (κ2) is 7.26. The summed E-state index contributed by atoms with van der Waals surface area (Å²) in [6.45, 7) is 3.94. The number of benzene rings is 1. The number of halogens is 1. The number of rotatable bonds is 5. The molecule has 0 spiro atoms. The lowest BCUT2D eigenvalue weighted by Gasteiger charge is -2.08. The Morgan fingerprint density at radius 3 is 2.54 bits per heavy atom. The minimum atomic E-state index is -1.06. The minimum Gasteiger partial charge on any atom is -0.478 e. The zero-order valence-electron chi connectivity index (χ0n) is 14.3. The number of carboxylic acids is 1. The van der Waals surface area contributed by atoms with Gasteiger partial charge in [0, 0.05) is 29.6 Å². The molecule has 0 amide bonds. The SMILES string of the molecule is CC(C)c1nn(-c2cnccn2)c(-c2ccc(F)cc2)c1C=CC(=O)O. The molecule has 6 nitrogen and oxygen atoms in total. The highest BCUT2D eigenvalue weighted by Crippen LogP contribution is 2.33. The van der Waals surface area contributed by atoms with Crippen LogP contribution in [0.5, 0.6) is 0 Å². The molecule has 0 aliphatic rings. The number of hydrogen-bond acceptors (Lipinski definition) is 4. The number of carboxylic acid groups (broad SMARTS) is 1. The van der Waals surface area contributed by atoms with E-state index in [4.69, 9.17) is 5.11 Å². The van der Waals surface area contributed by atoms with Crippen LogP contribution >= 0.6 is 0 Å². The summed E-state index contributed by atoms with van der Waals surface area (Å²) in [6, 6.07) is 5.95. The highest BCUT2D eigenvalue weighted by Gasteiger charge is 2.21. The summed E-state index contributed by atoms with van der Waals surface area (Å²) in [5.74, 6) is -0.882. The van der Waals surface area contributed by atoms with Crippen LogP contribution in [0.2, 0.25) is 0 Å². The maximum absolute atomic E-state index is 13.4. The Bertz CT molecular complexity index is 948. The lowest BCUT2D eigenvalue weighted by Crippen LogP contribution is -2.03. The van der Waals surface area contributed by atoms with E-state index in [1.165, 1.54) is 18.2 Å². The molecule has 0 radical (unpaired) electrons. The molecule has 0 saturated heterocycles. The molecule has 0 atom stereocenters. The fourth-order valence-electron chi connectivity index (χ4n) is 2.64. The van der Waals surface area contributed by atoms with Gasteiger partial charge >= 0.3 is 5.97 Å². The molecule has 26 heavy (non-hydrogen) atoms. The van der Waals surface area contributed by atoms with Gasteiger partial charge in [0.2, 0.25) is 0 Å². The first kappa shape index (κ1) is 17.5. The average molecular weight is 352 g/mol. The van der Waals surface area contributed by atoms with Gasteiger partial charge in [0.05, 0.1) is 17.6 Å². The van der Waals surface area contributed by atoms with Crippen LogP contribution in [0.25, 0.3) is 23.2 Å². The second-order valence-electron chi connectivity index (χ2n) is 5.96. The third-order valence-electron chi connectivity index (χ3n) is 3.77. The minimum absolute atomic E-state index is 0.0422. The molecule has 0 aliphatic heterocycles. The fraction of sp³-hybridized carbons (Fsp3) is 0.158. The van der Waals surface area contributed by atoms with Crippen molar-refractivity contribution in [3.8, 4) is 17.1 Å². The molecule has 132 valence electrons. The maximum Gasteiger partial charge on any atom is 0.328 e. The highest BCUT2D eigenvalue weighted by atomic mass is 19.1. The van der Waals surface area contributed by atoms with Crippen LogP contribution in [-0.4, -0.2) is 30.8 Å². The molecule has 3 aromatic rings. The molecule has 0 unspecified atom stereocenters. The summed E-state index contributed by atoms with van der Waals surface area (Å²) < 4.78 is 15.0. The summed E-state index contributed by atoms with van der Waals surface area (Å²) >= 11 is 0. The van der Waals surface area contributed by atoms with Crippen LogP contribution in [0, 0.1) is 5.82 Å². The van der Waals surface area contributed by atoms with Crippen LogP contribution in [0.4, 0.5) is 4.39 Å². The summed E-state index contributed by atoms with van der Waals surface area (Å²) in [4.78, 5) is 19.4. The molecular formula is C19H17FN4O2. The van der Waals surface area contributed by atoms with Crippen molar-refractivity contribution >= 4 is 12.0 Å². The van der Waals surface area contributed by atoms with Gasteiger partial charge in [-0.3, -0.25) is 4.98 Å². The van der Waals surface area contributed by atoms with Crippen molar-refractivity contribution < 1.29 is 14.3 Å². The monoisotopic (exact) mass is 352 g/mol. The van der Waals surface area contributed by atoms with Gasteiger partial charge in [0.25, 0.3) is 0 Å². The van der Waals surface area contributed by atoms with E-state index in [9.17, 15) is 9.18 Å². The van der Waals surface area contributed by atoms with Gasteiger partial charge in [-0.15, -0.1) is 0 Å². The predicted octanol–water partition coefficient (Wildman–Crippen LogP) is 3.69. The van der Waals surface area contributed by atoms with Crippen molar-refractivity contribution in [3.63, 3.8) is 0 Å². The molecule has 0 fully saturated rings. The van der Waals surface area contributed by atoms with E-state index in [2.05, 4.69) is 15.1 Å². The van der Waals surface area contributed by atoms with Crippen LogP contribution in [0.1, 0.15) is 31.0 Å². The molecule has 1 aromatic carbocycles. The van der Waals surface area contributed by atoms with Gasteiger partial charge in [-0.25, -0.2) is 18.9 Å². The Labute approximate surface area is 149 Å². The van der Waals surface area contributed by atoms with Crippen LogP contribution in [0.3, 0.4) is 0 Å². The third kappa shape index (κ3) is 3.51. The molecule has 0 bridgehead atoms. The first-order chi connectivity index (χ1) is 12.5. The van der Waals surface area contributed by atoms with Crippen molar-refractivity contribution in [3.05, 3.63) is 66.0 Å². The number of aliphatic carboxylic acids is 1.